The number of likely N-dealkylation sites (tertiary alicyclic amines) is 1. The molecule has 3 nitrogen and oxygen atoms in total. The molecule has 0 saturated carbocycles. The third-order valence-corrected chi connectivity index (χ3v) is 6.88. The molecule has 1 fully saturated rings. The fraction of sp³-hybridized carbons (Fsp3) is 0.276. The van der Waals surface area contributed by atoms with E-state index in [1.54, 1.807) is 0 Å². The second-order valence-electron chi connectivity index (χ2n) is 8.88. The molecular formula is C29H30N2O. The van der Waals surface area contributed by atoms with Gasteiger partial charge in [0, 0.05) is 35.6 Å². The van der Waals surface area contributed by atoms with Gasteiger partial charge in [0.15, 0.2) is 0 Å². The van der Waals surface area contributed by atoms with E-state index in [0.29, 0.717) is 12.3 Å². The summed E-state index contributed by atoms with van der Waals surface area (Å²) in [4.78, 5) is 19.0. The van der Waals surface area contributed by atoms with Crippen LogP contribution in [-0.4, -0.2) is 28.4 Å². The largest absolute Gasteiger partial charge is 0.361 e. The summed E-state index contributed by atoms with van der Waals surface area (Å²) in [6, 6.07) is 30.0. The zero-order chi connectivity index (χ0) is 21.8. The van der Waals surface area contributed by atoms with Gasteiger partial charge in [-0.3, -0.25) is 4.79 Å². The number of nitrogens with zero attached hydrogens (tertiary/aromatic N) is 1. The SMILES string of the molecule is O=C(Cc1c[nH]c2ccccc12)N1CCCCC1CC(c1ccccc1)c1ccccc1. The zero-order valence-electron chi connectivity index (χ0n) is 18.4. The Bertz CT molecular complexity index is 1130. The number of fused-ring (bicyclic) bond motifs is 1. The molecule has 3 heteroatoms. The Morgan fingerprint density at radius 2 is 1.53 bits per heavy atom. The number of rotatable bonds is 6. The van der Waals surface area contributed by atoms with Crippen LogP contribution in [-0.2, 0) is 11.2 Å². The van der Waals surface area contributed by atoms with Crippen molar-refractivity contribution in [3.8, 4) is 0 Å². The molecule has 5 rings (SSSR count). The van der Waals surface area contributed by atoms with Gasteiger partial charge in [-0.05, 0) is 48.4 Å². The molecule has 1 unspecified atom stereocenters. The van der Waals surface area contributed by atoms with Crippen molar-refractivity contribution in [2.24, 2.45) is 0 Å². The molecule has 0 bridgehead atoms. The lowest BCUT2D eigenvalue weighted by Crippen LogP contribution is -2.45. The third-order valence-electron chi connectivity index (χ3n) is 6.88. The van der Waals surface area contributed by atoms with Gasteiger partial charge in [-0.25, -0.2) is 0 Å². The zero-order valence-corrected chi connectivity index (χ0v) is 18.4. The van der Waals surface area contributed by atoms with E-state index in [-0.39, 0.29) is 11.9 Å². The summed E-state index contributed by atoms with van der Waals surface area (Å²) in [6.07, 6.45) is 6.79. The Hall–Kier alpha value is -3.33. The molecule has 1 N–H and O–H groups in total. The predicted molar refractivity (Wildman–Crippen MR) is 131 cm³/mol. The van der Waals surface area contributed by atoms with E-state index < -0.39 is 0 Å². The lowest BCUT2D eigenvalue weighted by molar-refractivity contribution is -0.134. The molecular weight excluding hydrogens is 392 g/mol. The van der Waals surface area contributed by atoms with Crippen molar-refractivity contribution < 1.29 is 4.79 Å². The van der Waals surface area contributed by atoms with Crippen LogP contribution in [0, 0.1) is 0 Å². The van der Waals surface area contributed by atoms with Crippen LogP contribution < -0.4 is 0 Å². The number of benzene rings is 3. The highest BCUT2D eigenvalue weighted by molar-refractivity contribution is 5.89. The first kappa shape index (κ1) is 20.6. The maximum absolute atomic E-state index is 13.5. The molecule has 0 radical (unpaired) electrons. The first-order valence-corrected chi connectivity index (χ1v) is 11.7. The molecule has 1 atom stereocenters. The summed E-state index contributed by atoms with van der Waals surface area (Å²) < 4.78 is 0. The lowest BCUT2D eigenvalue weighted by atomic mass is 9.83. The number of H-pyrrole nitrogens is 1. The number of carbonyl (C=O) groups is 1. The van der Waals surface area contributed by atoms with Crippen molar-refractivity contribution in [2.45, 2.75) is 44.1 Å². The van der Waals surface area contributed by atoms with Gasteiger partial charge < -0.3 is 9.88 Å². The van der Waals surface area contributed by atoms with E-state index in [1.165, 1.54) is 17.5 Å². The first-order chi connectivity index (χ1) is 15.8. The minimum absolute atomic E-state index is 0.249. The van der Waals surface area contributed by atoms with Gasteiger partial charge in [-0.2, -0.15) is 0 Å². The Morgan fingerprint density at radius 1 is 0.875 bits per heavy atom. The van der Waals surface area contributed by atoms with Gasteiger partial charge in [-0.1, -0.05) is 78.9 Å². The number of para-hydroxylation sites is 1. The van der Waals surface area contributed by atoms with Gasteiger partial charge in [-0.15, -0.1) is 0 Å². The molecule has 1 amide bonds. The van der Waals surface area contributed by atoms with Gasteiger partial charge in [0.1, 0.15) is 0 Å². The standard InChI is InChI=1S/C29H30N2O/c32-29(19-24-21-30-28-17-8-7-16-26(24)28)31-18-10-9-15-25(31)20-27(22-11-3-1-4-12-22)23-13-5-2-6-14-23/h1-8,11-14,16-17,21,25,27,30H,9-10,15,18-20H2. The van der Waals surface area contributed by atoms with Crippen molar-refractivity contribution in [2.75, 3.05) is 6.54 Å². The Labute approximate surface area is 190 Å². The van der Waals surface area contributed by atoms with Crippen molar-refractivity contribution in [3.05, 3.63) is 108 Å². The van der Waals surface area contributed by atoms with E-state index in [2.05, 4.69) is 82.7 Å². The van der Waals surface area contributed by atoms with Crippen molar-refractivity contribution in [1.29, 1.82) is 0 Å². The highest BCUT2D eigenvalue weighted by Crippen LogP contribution is 2.34. The second kappa shape index (κ2) is 9.44. The first-order valence-electron chi connectivity index (χ1n) is 11.7. The van der Waals surface area contributed by atoms with E-state index in [9.17, 15) is 4.79 Å². The Morgan fingerprint density at radius 3 is 2.25 bits per heavy atom. The van der Waals surface area contributed by atoms with E-state index >= 15 is 0 Å². The van der Waals surface area contributed by atoms with Crippen molar-refractivity contribution in [3.63, 3.8) is 0 Å². The highest BCUT2D eigenvalue weighted by atomic mass is 16.2. The molecule has 1 aliphatic rings. The molecule has 162 valence electrons. The molecule has 1 saturated heterocycles. The van der Waals surface area contributed by atoms with Crippen LogP contribution in [0.5, 0.6) is 0 Å². The Kier molecular flexibility index (Phi) is 6.06. The fourth-order valence-electron chi connectivity index (χ4n) is 5.22. The van der Waals surface area contributed by atoms with E-state index in [4.69, 9.17) is 0 Å². The summed E-state index contributed by atoms with van der Waals surface area (Å²) in [7, 11) is 0. The summed E-state index contributed by atoms with van der Waals surface area (Å²) in [5.41, 5.74) is 4.85. The van der Waals surface area contributed by atoms with Crippen LogP contribution >= 0.6 is 0 Å². The molecule has 32 heavy (non-hydrogen) atoms. The summed E-state index contributed by atoms with van der Waals surface area (Å²) in [6.45, 7) is 0.863. The molecule has 0 spiro atoms. The summed E-state index contributed by atoms with van der Waals surface area (Å²) in [5.74, 6) is 0.545. The van der Waals surface area contributed by atoms with E-state index in [0.717, 1.165) is 42.3 Å². The maximum Gasteiger partial charge on any atom is 0.227 e. The molecule has 4 aromatic rings. The second-order valence-corrected chi connectivity index (χ2v) is 8.88. The number of amides is 1. The fourth-order valence-corrected chi connectivity index (χ4v) is 5.22. The quantitative estimate of drug-likeness (QED) is 0.388. The lowest BCUT2D eigenvalue weighted by Gasteiger charge is -2.38. The van der Waals surface area contributed by atoms with Crippen LogP contribution in [0.2, 0.25) is 0 Å². The molecule has 1 aliphatic heterocycles. The Balaban J connectivity index is 1.39. The predicted octanol–water partition coefficient (Wildman–Crippen LogP) is 6.31. The van der Waals surface area contributed by atoms with Crippen LogP contribution in [0.3, 0.4) is 0 Å². The van der Waals surface area contributed by atoms with Crippen LogP contribution in [0.15, 0.2) is 91.1 Å². The van der Waals surface area contributed by atoms with Gasteiger partial charge in [0.2, 0.25) is 5.91 Å². The van der Waals surface area contributed by atoms with Crippen LogP contribution in [0.25, 0.3) is 10.9 Å². The summed E-state index contributed by atoms with van der Waals surface area (Å²) >= 11 is 0. The van der Waals surface area contributed by atoms with Crippen molar-refractivity contribution in [1.82, 2.24) is 9.88 Å². The number of piperidine rings is 1. The summed E-state index contributed by atoms with van der Waals surface area (Å²) in [5, 5.41) is 1.15. The number of hydrogen-bond donors (Lipinski definition) is 1. The molecule has 2 heterocycles. The monoisotopic (exact) mass is 422 g/mol. The van der Waals surface area contributed by atoms with Gasteiger partial charge in [0.25, 0.3) is 0 Å². The molecule has 1 aromatic heterocycles. The minimum Gasteiger partial charge on any atom is -0.361 e. The van der Waals surface area contributed by atoms with Gasteiger partial charge in [0.05, 0.1) is 6.42 Å². The number of aromatic nitrogens is 1. The number of aromatic amines is 1. The highest BCUT2D eigenvalue weighted by Gasteiger charge is 2.30. The minimum atomic E-state index is 0.249. The van der Waals surface area contributed by atoms with Crippen LogP contribution in [0.1, 0.15) is 48.3 Å². The van der Waals surface area contributed by atoms with E-state index in [1.807, 2.05) is 18.3 Å². The molecule has 3 aromatic carbocycles. The number of nitrogens with one attached hydrogen (secondary N) is 1. The van der Waals surface area contributed by atoms with Crippen molar-refractivity contribution >= 4 is 16.8 Å². The van der Waals surface area contributed by atoms with Gasteiger partial charge >= 0.3 is 0 Å². The maximum atomic E-state index is 13.5. The number of hydrogen-bond acceptors (Lipinski definition) is 1. The molecule has 0 aliphatic carbocycles. The third kappa shape index (κ3) is 4.34. The topological polar surface area (TPSA) is 36.1 Å². The number of carbonyl (C=O) groups excluding carboxylic acids is 1. The average molecular weight is 423 g/mol. The normalized spacial score (nSPS) is 16.5. The van der Waals surface area contributed by atoms with Crippen LogP contribution in [0.4, 0.5) is 0 Å². The smallest absolute Gasteiger partial charge is 0.227 e. The average Bonchev–Trinajstić information content (AvgIpc) is 3.26.